The van der Waals surface area contributed by atoms with Gasteiger partial charge in [0.15, 0.2) is 11.9 Å². The molecule has 1 aliphatic carbocycles. The first-order valence-electron chi connectivity index (χ1n) is 6.66. The molecule has 1 aromatic carbocycles. The highest BCUT2D eigenvalue weighted by Gasteiger charge is 2.26. The Morgan fingerprint density at radius 3 is 2.50 bits per heavy atom. The normalized spacial score (nSPS) is 16.3. The van der Waals surface area contributed by atoms with Gasteiger partial charge in [-0.2, -0.15) is 0 Å². The number of allylic oxidation sites excluding steroid dienone is 1. The maximum Gasteiger partial charge on any atom is 0.303 e. The molecule has 1 atom stereocenters. The molecule has 1 unspecified atom stereocenters. The summed E-state index contributed by atoms with van der Waals surface area (Å²) >= 11 is 0. The smallest absolute Gasteiger partial charge is 0.303 e. The summed E-state index contributed by atoms with van der Waals surface area (Å²) < 4.78 is 10.5. The zero-order valence-electron chi connectivity index (χ0n) is 11.7. The van der Waals surface area contributed by atoms with Crippen LogP contribution in [0.2, 0.25) is 0 Å². The van der Waals surface area contributed by atoms with Crippen molar-refractivity contribution in [1.29, 1.82) is 0 Å². The quantitative estimate of drug-likeness (QED) is 0.792. The summed E-state index contributed by atoms with van der Waals surface area (Å²) in [5, 5.41) is 0. The number of methoxy groups -OCH3 is 1. The van der Waals surface area contributed by atoms with Crippen LogP contribution in [-0.2, 0) is 14.3 Å². The predicted octanol–water partition coefficient (Wildman–Crippen LogP) is 2.98. The van der Waals surface area contributed by atoms with E-state index in [2.05, 4.69) is 0 Å². The minimum absolute atomic E-state index is 0.0540. The van der Waals surface area contributed by atoms with Crippen molar-refractivity contribution in [2.24, 2.45) is 0 Å². The molecule has 1 aliphatic rings. The molecule has 0 bridgehead atoms. The number of esters is 1. The fraction of sp³-hybridized carbons (Fsp3) is 0.375. The van der Waals surface area contributed by atoms with Gasteiger partial charge >= 0.3 is 5.97 Å². The maximum atomic E-state index is 12.0. The van der Waals surface area contributed by atoms with Gasteiger partial charge in [0.25, 0.3) is 0 Å². The molecular weight excluding hydrogens is 256 g/mol. The lowest BCUT2D eigenvalue weighted by molar-refractivity contribution is -0.145. The number of carbonyl (C=O) groups excluding carboxylic acids is 2. The molecule has 0 aliphatic heterocycles. The lowest BCUT2D eigenvalue weighted by atomic mass is 9.90. The SMILES string of the molecule is COc1ccc(C(OC(C)=O)C2=CCCCC2=O)cc1. The van der Waals surface area contributed by atoms with E-state index in [0.29, 0.717) is 12.0 Å². The van der Waals surface area contributed by atoms with Gasteiger partial charge in [0, 0.05) is 18.9 Å². The van der Waals surface area contributed by atoms with E-state index < -0.39 is 12.1 Å². The highest BCUT2D eigenvalue weighted by molar-refractivity contribution is 5.97. The van der Waals surface area contributed by atoms with Crippen LogP contribution < -0.4 is 4.74 Å². The van der Waals surface area contributed by atoms with Crippen molar-refractivity contribution in [3.05, 3.63) is 41.5 Å². The molecule has 20 heavy (non-hydrogen) atoms. The lowest BCUT2D eigenvalue weighted by Gasteiger charge is -2.22. The number of Topliss-reactive ketones (excluding diaryl/α,β-unsaturated/α-hetero) is 1. The van der Waals surface area contributed by atoms with Crippen LogP contribution in [0.25, 0.3) is 0 Å². The van der Waals surface area contributed by atoms with Gasteiger partial charge in [-0.05, 0) is 30.5 Å². The third-order valence-corrected chi connectivity index (χ3v) is 3.28. The van der Waals surface area contributed by atoms with E-state index in [0.717, 1.165) is 24.2 Å². The Kier molecular flexibility index (Phi) is 4.56. The molecule has 0 radical (unpaired) electrons. The molecular formula is C16H18O4. The Bertz CT molecular complexity index is 528. The average molecular weight is 274 g/mol. The van der Waals surface area contributed by atoms with E-state index in [-0.39, 0.29) is 5.78 Å². The van der Waals surface area contributed by atoms with Crippen molar-refractivity contribution in [3.8, 4) is 5.75 Å². The molecule has 0 amide bonds. The lowest BCUT2D eigenvalue weighted by Crippen LogP contribution is -2.19. The van der Waals surface area contributed by atoms with E-state index in [9.17, 15) is 9.59 Å². The van der Waals surface area contributed by atoms with Crippen molar-refractivity contribution in [2.45, 2.75) is 32.3 Å². The van der Waals surface area contributed by atoms with Crippen molar-refractivity contribution < 1.29 is 19.1 Å². The third-order valence-electron chi connectivity index (χ3n) is 3.28. The molecule has 0 spiro atoms. The van der Waals surface area contributed by atoms with Gasteiger partial charge in [0.2, 0.25) is 0 Å². The summed E-state index contributed by atoms with van der Waals surface area (Å²) in [6.07, 6.45) is 3.47. The van der Waals surface area contributed by atoms with Crippen molar-refractivity contribution in [1.82, 2.24) is 0 Å². The van der Waals surface area contributed by atoms with E-state index >= 15 is 0 Å². The van der Waals surface area contributed by atoms with Crippen LogP contribution in [0.5, 0.6) is 5.75 Å². The molecule has 106 valence electrons. The zero-order chi connectivity index (χ0) is 14.5. The highest BCUT2D eigenvalue weighted by atomic mass is 16.5. The molecule has 0 N–H and O–H groups in total. The maximum absolute atomic E-state index is 12.0. The summed E-state index contributed by atoms with van der Waals surface area (Å²) in [6, 6.07) is 7.21. The second-order valence-electron chi connectivity index (χ2n) is 4.74. The first kappa shape index (κ1) is 14.3. The van der Waals surface area contributed by atoms with Gasteiger partial charge in [-0.3, -0.25) is 9.59 Å². The molecule has 0 saturated heterocycles. The standard InChI is InChI=1S/C16H18O4/c1-11(17)20-16(14-5-3-4-6-15(14)18)12-7-9-13(19-2)10-8-12/h5,7-10,16H,3-4,6H2,1-2H3. The number of benzene rings is 1. The Labute approximate surface area is 118 Å². The number of ketones is 1. The topological polar surface area (TPSA) is 52.6 Å². The van der Waals surface area contributed by atoms with E-state index in [1.807, 2.05) is 18.2 Å². The number of ether oxygens (including phenoxy) is 2. The summed E-state index contributed by atoms with van der Waals surface area (Å²) in [6.45, 7) is 1.35. The largest absolute Gasteiger partial charge is 0.497 e. The van der Waals surface area contributed by atoms with Crippen LogP contribution in [0.15, 0.2) is 35.9 Å². The molecule has 0 fully saturated rings. The third kappa shape index (κ3) is 3.26. The Hall–Kier alpha value is -2.10. The van der Waals surface area contributed by atoms with Gasteiger partial charge in [0.05, 0.1) is 7.11 Å². The van der Waals surface area contributed by atoms with E-state index in [1.54, 1.807) is 19.2 Å². The molecule has 2 rings (SSSR count). The summed E-state index contributed by atoms with van der Waals surface area (Å²) in [4.78, 5) is 23.3. The van der Waals surface area contributed by atoms with Gasteiger partial charge in [-0.25, -0.2) is 0 Å². The van der Waals surface area contributed by atoms with Crippen LogP contribution in [0.1, 0.15) is 37.9 Å². The monoisotopic (exact) mass is 274 g/mol. The summed E-state index contributed by atoms with van der Waals surface area (Å²) in [5.74, 6) is 0.377. The Balaban J connectivity index is 2.33. The Morgan fingerprint density at radius 1 is 1.25 bits per heavy atom. The second-order valence-corrected chi connectivity index (χ2v) is 4.74. The zero-order valence-corrected chi connectivity index (χ0v) is 11.7. The second kappa shape index (κ2) is 6.37. The summed E-state index contributed by atoms with van der Waals surface area (Å²) in [7, 11) is 1.59. The van der Waals surface area contributed by atoms with Crippen LogP contribution in [0.4, 0.5) is 0 Å². The molecule has 4 heteroatoms. The van der Waals surface area contributed by atoms with Gasteiger partial charge in [-0.1, -0.05) is 18.2 Å². The fourth-order valence-corrected chi connectivity index (χ4v) is 2.29. The van der Waals surface area contributed by atoms with Crippen LogP contribution >= 0.6 is 0 Å². The first-order valence-corrected chi connectivity index (χ1v) is 6.66. The van der Waals surface area contributed by atoms with Crippen LogP contribution in [-0.4, -0.2) is 18.9 Å². The molecule has 0 saturated carbocycles. The number of rotatable bonds is 4. The van der Waals surface area contributed by atoms with Crippen molar-refractivity contribution in [2.75, 3.05) is 7.11 Å². The van der Waals surface area contributed by atoms with Gasteiger partial charge in [-0.15, -0.1) is 0 Å². The summed E-state index contributed by atoms with van der Waals surface area (Å²) in [5.41, 5.74) is 1.36. The number of hydrogen-bond acceptors (Lipinski definition) is 4. The predicted molar refractivity (Wildman–Crippen MR) is 74.4 cm³/mol. The highest BCUT2D eigenvalue weighted by Crippen LogP contribution is 2.31. The van der Waals surface area contributed by atoms with Crippen LogP contribution in [0.3, 0.4) is 0 Å². The van der Waals surface area contributed by atoms with E-state index in [4.69, 9.17) is 9.47 Å². The van der Waals surface area contributed by atoms with Gasteiger partial charge < -0.3 is 9.47 Å². The molecule has 1 aromatic rings. The molecule has 0 heterocycles. The van der Waals surface area contributed by atoms with Gasteiger partial charge in [0.1, 0.15) is 5.75 Å². The number of hydrogen-bond donors (Lipinski definition) is 0. The minimum atomic E-state index is -0.619. The average Bonchev–Trinajstić information content (AvgIpc) is 2.46. The first-order chi connectivity index (χ1) is 9.61. The number of carbonyl (C=O) groups is 2. The van der Waals surface area contributed by atoms with E-state index in [1.165, 1.54) is 6.92 Å². The van der Waals surface area contributed by atoms with Crippen molar-refractivity contribution >= 4 is 11.8 Å². The fourth-order valence-electron chi connectivity index (χ4n) is 2.29. The molecule has 0 aromatic heterocycles. The van der Waals surface area contributed by atoms with Crippen molar-refractivity contribution in [3.63, 3.8) is 0 Å². The minimum Gasteiger partial charge on any atom is -0.497 e. The molecule has 4 nitrogen and oxygen atoms in total. The van der Waals surface area contributed by atoms with Crippen LogP contribution in [0, 0.1) is 0 Å². The Morgan fingerprint density at radius 2 is 1.95 bits per heavy atom.